The number of rotatable bonds is 10. The van der Waals surface area contributed by atoms with Crippen LogP contribution in [0, 0.1) is 23.5 Å². The zero-order valence-electron chi connectivity index (χ0n) is 27.4. The lowest BCUT2D eigenvalue weighted by Gasteiger charge is -2.38. The average Bonchev–Trinajstić information content (AvgIpc) is 3.08. The van der Waals surface area contributed by atoms with Crippen LogP contribution < -0.4 is 11.1 Å². The number of nitrogens with one attached hydrogen (secondary N) is 1. The molecular weight excluding hydrogens is 530 g/mol. The largest absolute Gasteiger partial charge is 0.342 e. The van der Waals surface area contributed by atoms with Gasteiger partial charge in [0, 0.05) is 43.2 Å². The third kappa shape index (κ3) is 11.4. The molecule has 1 fully saturated rings. The second kappa shape index (κ2) is 17.1. The van der Waals surface area contributed by atoms with Gasteiger partial charge in [-0.15, -0.1) is 0 Å². The third-order valence-electron chi connectivity index (χ3n) is 8.69. The Kier molecular flexibility index (Phi) is 14.6. The van der Waals surface area contributed by atoms with Gasteiger partial charge in [-0.25, -0.2) is 8.78 Å². The van der Waals surface area contributed by atoms with Gasteiger partial charge in [0.15, 0.2) is 0 Å². The molecule has 0 aromatic heterocycles. The van der Waals surface area contributed by atoms with Gasteiger partial charge in [-0.1, -0.05) is 37.6 Å². The molecule has 3 N–H and O–H groups in total. The molecular formula is C35H56F2N4O. The zero-order valence-corrected chi connectivity index (χ0v) is 27.4. The molecule has 2 atom stereocenters. The van der Waals surface area contributed by atoms with Gasteiger partial charge >= 0.3 is 0 Å². The van der Waals surface area contributed by atoms with Crippen molar-refractivity contribution in [3.63, 3.8) is 0 Å². The van der Waals surface area contributed by atoms with E-state index in [2.05, 4.69) is 82.8 Å². The van der Waals surface area contributed by atoms with Crippen LogP contribution in [0.15, 0.2) is 58.7 Å². The highest BCUT2D eigenvalue weighted by Gasteiger charge is 2.30. The molecule has 1 aromatic carbocycles. The summed E-state index contributed by atoms with van der Waals surface area (Å²) < 4.78 is 23.9. The molecule has 236 valence electrons. The number of benzene rings is 1. The van der Waals surface area contributed by atoms with Crippen LogP contribution in [0.3, 0.4) is 0 Å². The molecule has 0 radical (unpaired) electrons. The summed E-state index contributed by atoms with van der Waals surface area (Å²) in [5, 5.41) is 3.73. The lowest BCUT2D eigenvalue weighted by atomic mass is 9.83. The van der Waals surface area contributed by atoms with E-state index in [9.17, 15) is 13.6 Å². The Hall–Kier alpha value is -2.35. The number of nitrogens with two attached hydrogens (primary N) is 1. The summed E-state index contributed by atoms with van der Waals surface area (Å²) in [4.78, 5) is 17.6. The molecule has 1 aliphatic heterocycles. The summed E-state index contributed by atoms with van der Waals surface area (Å²) in [6.45, 7) is 19.7. The van der Waals surface area contributed by atoms with E-state index in [1.54, 1.807) is 5.57 Å². The number of piperidine rings is 1. The summed E-state index contributed by atoms with van der Waals surface area (Å²) in [6.07, 6.45) is 10.1. The highest BCUT2D eigenvalue weighted by Crippen LogP contribution is 2.34. The number of allylic oxidation sites excluding steroid dienone is 5. The number of carbonyl (C=O) groups excluding carboxylic acids is 1. The minimum Gasteiger partial charge on any atom is -0.342 e. The lowest BCUT2D eigenvalue weighted by Crippen LogP contribution is -2.47. The first-order valence-electron chi connectivity index (χ1n) is 15.7. The van der Waals surface area contributed by atoms with E-state index >= 15 is 0 Å². The van der Waals surface area contributed by atoms with Crippen molar-refractivity contribution >= 4 is 5.91 Å². The molecule has 1 heterocycles. The SMILES string of the molecule is CCC(NCCCN)C1=CC(C)=C(C)C=C(C2CCN(C(=O)C(C)CN(C)C(C)(C)C)CC2)C1.Fc1cccc(F)c1. The van der Waals surface area contributed by atoms with Crippen molar-refractivity contribution < 1.29 is 13.6 Å². The van der Waals surface area contributed by atoms with Crippen LogP contribution in [0.1, 0.15) is 80.6 Å². The number of likely N-dealkylation sites (tertiary alicyclic amines) is 1. The number of hydrogen-bond acceptors (Lipinski definition) is 4. The highest BCUT2D eigenvalue weighted by molar-refractivity contribution is 5.78. The van der Waals surface area contributed by atoms with Gasteiger partial charge < -0.3 is 20.9 Å². The van der Waals surface area contributed by atoms with Crippen molar-refractivity contribution in [2.75, 3.05) is 39.8 Å². The minimum absolute atomic E-state index is 0.0325. The first-order chi connectivity index (χ1) is 19.8. The molecule has 3 rings (SSSR count). The monoisotopic (exact) mass is 586 g/mol. The van der Waals surface area contributed by atoms with E-state index in [1.807, 2.05) is 0 Å². The zero-order chi connectivity index (χ0) is 31.4. The van der Waals surface area contributed by atoms with Gasteiger partial charge in [0.1, 0.15) is 11.6 Å². The molecule has 1 amide bonds. The highest BCUT2D eigenvalue weighted by atomic mass is 19.1. The van der Waals surface area contributed by atoms with E-state index in [0.29, 0.717) is 17.9 Å². The van der Waals surface area contributed by atoms with E-state index in [1.165, 1.54) is 34.9 Å². The van der Waals surface area contributed by atoms with Crippen LogP contribution in [-0.4, -0.2) is 67.1 Å². The van der Waals surface area contributed by atoms with Crippen LogP contribution >= 0.6 is 0 Å². The smallest absolute Gasteiger partial charge is 0.226 e. The van der Waals surface area contributed by atoms with E-state index in [0.717, 1.165) is 70.9 Å². The average molecular weight is 587 g/mol. The number of amides is 1. The maximum Gasteiger partial charge on any atom is 0.226 e. The molecule has 5 nitrogen and oxygen atoms in total. The Morgan fingerprint density at radius 1 is 1.12 bits per heavy atom. The summed E-state index contributed by atoms with van der Waals surface area (Å²) in [7, 11) is 2.12. The number of halogens is 2. The fourth-order valence-electron chi connectivity index (χ4n) is 5.53. The maximum atomic E-state index is 13.1. The molecule has 1 aliphatic carbocycles. The maximum absolute atomic E-state index is 13.1. The molecule has 2 aliphatic rings. The first kappa shape index (κ1) is 35.8. The topological polar surface area (TPSA) is 61.6 Å². The minimum atomic E-state index is -0.537. The van der Waals surface area contributed by atoms with Gasteiger partial charge in [0.05, 0.1) is 0 Å². The Morgan fingerprint density at radius 2 is 1.71 bits per heavy atom. The first-order valence-corrected chi connectivity index (χ1v) is 15.7. The number of nitrogens with zero attached hydrogens (tertiary/aromatic N) is 2. The Morgan fingerprint density at radius 3 is 2.21 bits per heavy atom. The van der Waals surface area contributed by atoms with Crippen molar-refractivity contribution in [1.82, 2.24) is 15.1 Å². The van der Waals surface area contributed by atoms with Crippen molar-refractivity contribution in [2.45, 2.75) is 92.2 Å². The van der Waals surface area contributed by atoms with Crippen molar-refractivity contribution in [1.29, 1.82) is 0 Å². The predicted molar refractivity (Wildman–Crippen MR) is 172 cm³/mol. The third-order valence-corrected chi connectivity index (χ3v) is 8.69. The van der Waals surface area contributed by atoms with Crippen LogP contribution in [0.25, 0.3) is 0 Å². The summed E-state index contributed by atoms with van der Waals surface area (Å²) in [5.41, 5.74) is 11.6. The summed E-state index contributed by atoms with van der Waals surface area (Å²) in [6, 6.07) is 4.95. The van der Waals surface area contributed by atoms with Gasteiger partial charge in [-0.05, 0) is 122 Å². The molecule has 7 heteroatoms. The lowest BCUT2D eigenvalue weighted by molar-refractivity contribution is -0.137. The molecule has 1 saturated heterocycles. The molecule has 1 aromatic rings. The van der Waals surface area contributed by atoms with E-state index in [4.69, 9.17) is 5.73 Å². The number of hydrogen-bond donors (Lipinski definition) is 2. The van der Waals surface area contributed by atoms with Gasteiger partial charge in [0.2, 0.25) is 5.91 Å². The van der Waals surface area contributed by atoms with E-state index in [-0.39, 0.29) is 11.5 Å². The van der Waals surface area contributed by atoms with Crippen LogP contribution in [0.4, 0.5) is 8.78 Å². The van der Waals surface area contributed by atoms with Gasteiger partial charge in [0.25, 0.3) is 0 Å². The molecule has 0 saturated carbocycles. The Bertz CT molecular complexity index is 1080. The molecule has 42 heavy (non-hydrogen) atoms. The second-order valence-electron chi connectivity index (χ2n) is 13.0. The normalized spacial score (nSPS) is 18.1. The standard InChI is InChI=1S/C29H52N4O.C6H4F2/c1-9-27(31-14-10-13-30)26-18-22(3)21(2)17-25(19-26)24-11-15-33(16-12-24)28(34)23(4)20-32(8)29(5,6)7;7-5-2-1-3-6(8)4-5/h17-18,23-24,27,31H,9-16,19-20,30H2,1-8H3;1-4H. The number of carbonyl (C=O) groups is 1. The fraction of sp³-hybridized carbons (Fsp3) is 0.629. The van der Waals surface area contributed by atoms with Crippen molar-refractivity contribution in [2.24, 2.45) is 17.6 Å². The molecule has 0 spiro atoms. The summed E-state index contributed by atoms with van der Waals surface area (Å²) in [5.74, 6) is -0.172. The summed E-state index contributed by atoms with van der Waals surface area (Å²) >= 11 is 0. The fourth-order valence-corrected chi connectivity index (χ4v) is 5.53. The second-order valence-corrected chi connectivity index (χ2v) is 13.0. The Balaban J connectivity index is 0.000000661. The van der Waals surface area contributed by atoms with Crippen molar-refractivity contribution in [3.05, 3.63) is 70.3 Å². The van der Waals surface area contributed by atoms with Crippen LogP contribution in [0.2, 0.25) is 0 Å². The van der Waals surface area contributed by atoms with Crippen molar-refractivity contribution in [3.8, 4) is 0 Å². The predicted octanol–water partition coefficient (Wildman–Crippen LogP) is 6.87. The van der Waals surface area contributed by atoms with Gasteiger partial charge in [-0.3, -0.25) is 4.79 Å². The Labute approximate surface area is 254 Å². The molecule has 0 bridgehead atoms. The van der Waals surface area contributed by atoms with E-state index < -0.39 is 11.6 Å². The van der Waals surface area contributed by atoms with Crippen LogP contribution in [0.5, 0.6) is 0 Å². The van der Waals surface area contributed by atoms with Gasteiger partial charge in [-0.2, -0.15) is 0 Å². The van der Waals surface area contributed by atoms with Crippen LogP contribution in [-0.2, 0) is 4.79 Å². The quantitative estimate of drug-likeness (QED) is 0.294. The molecule has 2 unspecified atom stereocenters.